The van der Waals surface area contributed by atoms with Gasteiger partial charge in [-0.05, 0) is 23.7 Å². The van der Waals surface area contributed by atoms with E-state index in [0.29, 0.717) is 10.8 Å². The van der Waals surface area contributed by atoms with E-state index in [2.05, 4.69) is 52.8 Å². The van der Waals surface area contributed by atoms with Gasteiger partial charge in [-0.1, -0.05) is 38.8 Å². The Morgan fingerprint density at radius 2 is 1.44 bits per heavy atom. The van der Waals surface area contributed by atoms with Crippen LogP contribution in [-0.4, -0.2) is 0 Å². The molecule has 1 aromatic rings. The molecule has 1 heteroatoms. The van der Waals surface area contributed by atoms with Crippen LogP contribution in [0.1, 0.15) is 57.2 Å². The largest absolute Gasteiger partial charge is 0.199 e. The van der Waals surface area contributed by atoms with E-state index in [4.69, 9.17) is 0 Å². The fraction of sp³-hybridized carbons (Fsp3) is 0.533. The third-order valence-electron chi connectivity index (χ3n) is 3.92. The summed E-state index contributed by atoms with van der Waals surface area (Å²) in [6, 6.07) is 6.69. The molecule has 0 fully saturated rings. The molecule has 1 aliphatic carbocycles. The maximum Gasteiger partial charge on any atom is 0 e. The van der Waals surface area contributed by atoms with Crippen molar-refractivity contribution in [3.63, 3.8) is 0 Å². The van der Waals surface area contributed by atoms with Gasteiger partial charge in [-0.2, -0.15) is 24.6 Å². The smallest absolute Gasteiger partial charge is 0 e. The molecule has 0 aliphatic heterocycles. The molecule has 0 saturated heterocycles. The summed E-state index contributed by atoms with van der Waals surface area (Å²) in [7, 11) is 0. The monoisotopic (exact) mass is 290 g/mol. The van der Waals surface area contributed by atoms with Crippen molar-refractivity contribution in [1.29, 1.82) is 0 Å². The van der Waals surface area contributed by atoms with E-state index in [1.165, 1.54) is 24.0 Å². The summed E-state index contributed by atoms with van der Waals surface area (Å²) in [5.74, 6) is 0. The molecule has 0 saturated carbocycles. The molecule has 16 heavy (non-hydrogen) atoms. The first kappa shape index (κ1) is 14.3. The molecule has 0 bridgehead atoms. The Morgan fingerprint density at radius 3 is 2.00 bits per heavy atom. The van der Waals surface area contributed by atoms with Crippen LogP contribution < -0.4 is 0 Å². The molecule has 2 rings (SSSR count). The molecule has 1 radical (unpaired) electrons. The Hall–Kier alpha value is 0.194. The van der Waals surface area contributed by atoms with Crippen LogP contribution >= 0.6 is 0 Å². The zero-order chi connectivity index (χ0) is 11.3. The molecular weight excluding hydrogens is 269 g/mol. The van der Waals surface area contributed by atoms with Gasteiger partial charge >= 0.3 is 0 Å². The molecule has 0 nitrogen and oxygen atoms in total. The fourth-order valence-electron chi connectivity index (χ4n) is 2.64. The van der Waals surface area contributed by atoms with E-state index in [1.807, 2.05) is 0 Å². The second kappa shape index (κ2) is 4.46. The number of benzene rings is 1. The zero-order valence-corrected chi connectivity index (χ0v) is 13.8. The summed E-state index contributed by atoms with van der Waals surface area (Å²) >= 11 is 0. The summed E-state index contributed by atoms with van der Waals surface area (Å²) in [5.41, 5.74) is 4.81. The molecule has 0 heterocycles. The van der Waals surface area contributed by atoms with Gasteiger partial charge in [0.25, 0.3) is 0 Å². The van der Waals surface area contributed by atoms with Crippen LogP contribution in [0.25, 0.3) is 0 Å². The average molecular weight is 290 g/mol. The van der Waals surface area contributed by atoms with Crippen molar-refractivity contribution in [3.8, 4) is 0 Å². The standard InChI is InChI=1S/C15H21.Y/c1-11-6-7-12-13(10-11)15(4,5)9-8-14(12,2)3;/h6-7,10H,1,8-9H2,2-5H3;/q-1;. The van der Waals surface area contributed by atoms with Crippen molar-refractivity contribution in [2.45, 2.75) is 51.4 Å². The molecule has 0 amide bonds. The molecule has 0 atom stereocenters. The first-order valence-electron chi connectivity index (χ1n) is 5.80. The summed E-state index contributed by atoms with van der Waals surface area (Å²) in [6.45, 7) is 13.4. The second-order valence-electron chi connectivity index (χ2n) is 6.15. The number of rotatable bonds is 0. The predicted molar refractivity (Wildman–Crippen MR) is 66.2 cm³/mol. The molecule has 0 spiro atoms. The van der Waals surface area contributed by atoms with E-state index in [-0.39, 0.29) is 32.7 Å². The Morgan fingerprint density at radius 1 is 0.938 bits per heavy atom. The molecule has 0 aromatic heterocycles. The maximum atomic E-state index is 4.04. The molecule has 0 unspecified atom stereocenters. The first-order valence-corrected chi connectivity index (χ1v) is 5.80. The van der Waals surface area contributed by atoms with Crippen LogP contribution in [0.2, 0.25) is 0 Å². The first-order chi connectivity index (χ1) is 6.83. The maximum absolute atomic E-state index is 4.04. The van der Waals surface area contributed by atoms with Crippen LogP contribution in [0.4, 0.5) is 0 Å². The van der Waals surface area contributed by atoms with Crippen molar-refractivity contribution in [1.82, 2.24) is 0 Å². The third-order valence-corrected chi connectivity index (χ3v) is 3.92. The molecule has 1 aliphatic rings. The minimum atomic E-state index is 0. The van der Waals surface area contributed by atoms with Gasteiger partial charge in [-0.15, -0.1) is 6.07 Å². The summed E-state index contributed by atoms with van der Waals surface area (Å²) in [4.78, 5) is 0. The Bertz CT molecular complexity index is 388. The summed E-state index contributed by atoms with van der Waals surface area (Å²) < 4.78 is 0. The Balaban J connectivity index is 0.00000128. The molecular formula is C15H21Y-. The number of fused-ring (bicyclic) bond motifs is 1. The third kappa shape index (κ3) is 2.38. The average Bonchev–Trinajstić information content (AvgIpc) is 2.13. The van der Waals surface area contributed by atoms with E-state index in [1.54, 1.807) is 0 Å². The van der Waals surface area contributed by atoms with Gasteiger partial charge in [0, 0.05) is 32.7 Å². The van der Waals surface area contributed by atoms with Gasteiger partial charge < -0.3 is 0 Å². The van der Waals surface area contributed by atoms with Crippen molar-refractivity contribution in [2.24, 2.45) is 0 Å². The Labute approximate surface area is 125 Å². The fourth-order valence-corrected chi connectivity index (χ4v) is 2.64. The van der Waals surface area contributed by atoms with Crippen molar-refractivity contribution >= 4 is 0 Å². The molecule has 85 valence electrons. The van der Waals surface area contributed by atoms with Crippen LogP contribution in [0.3, 0.4) is 0 Å². The van der Waals surface area contributed by atoms with Gasteiger partial charge in [-0.3, -0.25) is 0 Å². The van der Waals surface area contributed by atoms with Gasteiger partial charge in [0.1, 0.15) is 0 Å². The van der Waals surface area contributed by atoms with Crippen molar-refractivity contribution in [3.05, 3.63) is 41.8 Å². The van der Waals surface area contributed by atoms with Crippen LogP contribution in [-0.2, 0) is 43.5 Å². The SMILES string of the molecule is [CH2-]c1ccc2c(c1)C(C)(C)CCC2(C)C.[Y]. The second-order valence-corrected chi connectivity index (χ2v) is 6.15. The van der Waals surface area contributed by atoms with Gasteiger partial charge in [0.2, 0.25) is 0 Å². The van der Waals surface area contributed by atoms with Gasteiger partial charge in [0.15, 0.2) is 0 Å². The predicted octanol–water partition coefficient (Wildman–Crippen LogP) is 4.22. The summed E-state index contributed by atoms with van der Waals surface area (Å²) in [5, 5.41) is 0. The van der Waals surface area contributed by atoms with E-state index < -0.39 is 0 Å². The molecule has 1 aromatic carbocycles. The minimum Gasteiger partial charge on any atom is -0.199 e. The van der Waals surface area contributed by atoms with Crippen LogP contribution in [0, 0.1) is 6.92 Å². The minimum absolute atomic E-state index is 0. The van der Waals surface area contributed by atoms with E-state index in [0.717, 1.165) is 5.56 Å². The normalized spacial score (nSPS) is 20.8. The van der Waals surface area contributed by atoms with Crippen molar-refractivity contribution < 1.29 is 32.7 Å². The van der Waals surface area contributed by atoms with Gasteiger partial charge in [-0.25, -0.2) is 0 Å². The van der Waals surface area contributed by atoms with E-state index >= 15 is 0 Å². The van der Waals surface area contributed by atoms with Crippen LogP contribution in [0.5, 0.6) is 0 Å². The number of hydrogen-bond acceptors (Lipinski definition) is 0. The van der Waals surface area contributed by atoms with Gasteiger partial charge in [0.05, 0.1) is 0 Å². The quantitative estimate of drug-likeness (QED) is 0.628. The van der Waals surface area contributed by atoms with Crippen LogP contribution in [0.15, 0.2) is 18.2 Å². The molecule has 0 N–H and O–H groups in total. The zero-order valence-electron chi connectivity index (χ0n) is 10.9. The Kier molecular flexibility index (Phi) is 3.98. The van der Waals surface area contributed by atoms with E-state index in [9.17, 15) is 0 Å². The van der Waals surface area contributed by atoms with Crippen molar-refractivity contribution in [2.75, 3.05) is 0 Å². The summed E-state index contributed by atoms with van der Waals surface area (Å²) in [6.07, 6.45) is 2.56. The number of hydrogen-bond donors (Lipinski definition) is 0. The topological polar surface area (TPSA) is 0 Å².